The number of anilines is 2. The van der Waals surface area contributed by atoms with Crippen molar-refractivity contribution in [3.8, 4) is 11.1 Å². The molecular weight excluding hydrogens is 961 g/mol. The van der Waals surface area contributed by atoms with Gasteiger partial charge >= 0.3 is 5.97 Å². The zero-order valence-electron chi connectivity index (χ0n) is 41.5. The van der Waals surface area contributed by atoms with Crippen LogP contribution in [0.25, 0.3) is 21.5 Å². The number of aromatic nitrogens is 5. The first-order valence-corrected chi connectivity index (χ1v) is 27.2. The van der Waals surface area contributed by atoms with Crippen LogP contribution < -0.4 is 20.3 Å². The highest BCUT2D eigenvalue weighted by Crippen LogP contribution is 2.34. The Morgan fingerprint density at radius 1 is 0.958 bits per heavy atom. The van der Waals surface area contributed by atoms with Crippen LogP contribution in [0.3, 0.4) is 0 Å². The predicted molar refractivity (Wildman–Crippen MR) is 273 cm³/mol. The molecule has 3 aliphatic rings. The molecule has 4 N–H and O–H groups in total. The van der Waals surface area contributed by atoms with E-state index < -0.39 is 63.1 Å². The molecule has 6 heterocycles. The summed E-state index contributed by atoms with van der Waals surface area (Å²) in [6, 6.07) is 10.9. The number of nitrogens with zero attached hydrogens (tertiary/aromatic N) is 7. The van der Waals surface area contributed by atoms with Crippen LogP contribution >= 0.6 is 11.3 Å². The fourth-order valence-electron chi connectivity index (χ4n) is 9.96. The van der Waals surface area contributed by atoms with Gasteiger partial charge in [-0.05, 0) is 91.8 Å². The lowest BCUT2D eigenvalue weighted by Gasteiger charge is -2.35. The molecule has 0 unspecified atom stereocenters. The molecule has 5 aromatic rings. The maximum Gasteiger partial charge on any atom is 0.328 e. The van der Waals surface area contributed by atoms with E-state index in [-0.39, 0.29) is 37.4 Å². The molecule has 21 heteroatoms. The zero-order valence-corrected chi connectivity index (χ0v) is 43.1. The lowest BCUT2D eigenvalue weighted by atomic mass is 9.85. The molecule has 384 valence electrons. The third-order valence-electron chi connectivity index (χ3n) is 13.9. The number of sulfonamides is 1. The number of thiazole rings is 1. The molecule has 3 atom stereocenters. The summed E-state index contributed by atoms with van der Waals surface area (Å²) in [5, 5.41) is 21.1. The summed E-state index contributed by atoms with van der Waals surface area (Å²) in [6.07, 6.45) is 9.68. The molecule has 8 rings (SSSR count). The predicted octanol–water partition coefficient (Wildman–Crippen LogP) is 5.94. The lowest BCUT2D eigenvalue weighted by Crippen LogP contribution is -2.56. The molecule has 0 radical (unpaired) electrons. The SMILES string of the molecule is COC(=O)[C@@H]1C[C@@H](O)CN1C(=O)[C@@H](NC(=O)CCCCCS(=O)(=O)NC(=O)c1nc(N2CCc3cccc(C(=O)Nc4nc5cccnc5s4)c3C2)ccc1-c1cnn(CC2CCCCC2)c1C)C(C)(C)C. The highest BCUT2D eigenvalue weighted by molar-refractivity contribution is 7.90. The van der Waals surface area contributed by atoms with Crippen LogP contribution in [0.2, 0.25) is 0 Å². The number of esters is 1. The summed E-state index contributed by atoms with van der Waals surface area (Å²) in [5.74, 6) is -2.28. The first-order valence-electron chi connectivity index (χ1n) is 24.7. The number of amides is 4. The van der Waals surface area contributed by atoms with Crippen molar-refractivity contribution in [1.29, 1.82) is 0 Å². The summed E-state index contributed by atoms with van der Waals surface area (Å²) >= 11 is 1.29. The van der Waals surface area contributed by atoms with Gasteiger partial charge < -0.3 is 25.0 Å². The fraction of sp³-hybridized carbons (Fsp3) is 0.510. The standard InChI is InChI=1S/C51H64N10O9S2/c1-31-37(27-53-61(31)28-32-14-8-6-9-15-32)35-20-21-41(59-24-22-33-16-12-17-36(38(33)30-59)45(64)57-50-54-39-18-13-23-52-47(39)71-50)55-43(35)46(65)58-72(68,69)25-11-7-10-19-42(63)56-44(51(2,3)4)48(66)60-29-34(62)26-40(60)49(67)70-5/h12-13,16-18,20-21,23,27,32,34,40,44,62H,6-11,14-15,19,22,24-26,28-30H2,1-5H3,(H,56,63)(H,58,65)(H,54,57,64)/t34-,40+,44-/m1/s1. The van der Waals surface area contributed by atoms with Crippen molar-refractivity contribution in [2.24, 2.45) is 11.3 Å². The Balaban J connectivity index is 0.948. The Hall–Kier alpha value is -6.32. The summed E-state index contributed by atoms with van der Waals surface area (Å²) in [4.78, 5) is 85.1. The number of aliphatic hydroxyl groups excluding tert-OH is 1. The summed E-state index contributed by atoms with van der Waals surface area (Å²) < 4.78 is 36.3. The number of carbonyl (C=O) groups excluding carboxylic acids is 5. The number of nitrogens with one attached hydrogen (secondary N) is 3. The van der Waals surface area contributed by atoms with E-state index in [1.165, 1.54) is 42.6 Å². The van der Waals surface area contributed by atoms with Crippen molar-refractivity contribution < 1.29 is 42.2 Å². The van der Waals surface area contributed by atoms with Crippen LogP contribution in [0.15, 0.2) is 54.9 Å². The fourth-order valence-corrected chi connectivity index (χ4v) is 11.8. The van der Waals surface area contributed by atoms with Gasteiger partial charge in [0.25, 0.3) is 11.8 Å². The van der Waals surface area contributed by atoms with Crippen LogP contribution in [0.1, 0.15) is 123 Å². The molecule has 0 spiro atoms. The number of aliphatic hydroxyl groups is 1. The van der Waals surface area contributed by atoms with Gasteiger partial charge in [0.1, 0.15) is 33.9 Å². The number of unbranched alkanes of at least 4 members (excludes halogenated alkanes) is 2. The second-order valence-electron chi connectivity index (χ2n) is 20.2. The van der Waals surface area contributed by atoms with Gasteiger partial charge in [0.15, 0.2) is 5.13 Å². The number of β-amino-alcohol motifs (C(OH)–C–C–N with tert-alkyl or cyclic N) is 1. The van der Waals surface area contributed by atoms with E-state index in [1.54, 1.807) is 51.4 Å². The monoisotopic (exact) mass is 1020 g/mol. The maximum absolute atomic E-state index is 14.3. The highest BCUT2D eigenvalue weighted by atomic mass is 32.2. The zero-order chi connectivity index (χ0) is 51.3. The molecule has 2 fully saturated rings. The van der Waals surface area contributed by atoms with Crippen molar-refractivity contribution in [3.63, 3.8) is 0 Å². The Morgan fingerprint density at radius 2 is 1.75 bits per heavy atom. The molecule has 4 aromatic heterocycles. The second-order valence-corrected chi connectivity index (χ2v) is 23.0. The Kier molecular flexibility index (Phi) is 16.0. The van der Waals surface area contributed by atoms with Gasteiger partial charge in [-0.2, -0.15) is 5.10 Å². The second kappa shape index (κ2) is 22.2. The van der Waals surface area contributed by atoms with Gasteiger partial charge in [-0.1, -0.05) is 69.9 Å². The number of carbonyl (C=O) groups is 5. The number of fused-ring (bicyclic) bond motifs is 2. The molecule has 1 saturated heterocycles. The van der Waals surface area contributed by atoms with Crippen LogP contribution in [0.5, 0.6) is 0 Å². The smallest absolute Gasteiger partial charge is 0.328 e. The largest absolute Gasteiger partial charge is 0.467 e. The van der Waals surface area contributed by atoms with Crippen LogP contribution in [-0.2, 0) is 48.7 Å². The molecule has 2 aliphatic heterocycles. The van der Waals surface area contributed by atoms with Gasteiger partial charge in [0.05, 0.1) is 25.2 Å². The maximum atomic E-state index is 14.3. The number of rotatable bonds is 17. The molecule has 4 amide bonds. The van der Waals surface area contributed by atoms with Gasteiger partial charge in [-0.25, -0.2) is 32.9 Å². The Bertz CT molecular complexity index is 2910. The van der Waals surface area contributed by atoms with Crippen molar-refractivity contribution in [1.82, 2.24) is 39.7 Å². The Morgan fingerprint density at radius 3 is 2.50 bits per heavy atom. The van der Waals surface area contributed by atoms with E-state index in [0.717, 1.165) is 36.2 Å². The number of ether oxygens (including phenoxy) is 1. The number of hydrogen-bond acceptors (Lipinski definition) is 15. The normalized spacial score (nSPS) is 17.9. The van der Waals surface area contributed by atoms with Crippen molar-refractivity contribution >= 4 is 72.3 Å². The van der Waals surface area contributed by atoms with Crippen LogP contribution in [0, 0.1) is 18.3 Å². The Labute approximate surface area is 423 Å². The van der Waals surface area contributed by atoms with E-state index in [4.69, 9.17) is 14.8 Å². The van der Waals surface area contributed by atoms with Gasteiger partial charge in [0.2, 0.25) is 21.8 Å². The minimum absolute atomic E-state index is 0.00279. The van der Waals surface area contributed by atoms with Crippen LogP contribution in [-0.4, -0.2) is 117 Å². The minimum Gasteiger partial charge on any atom is -0.467 e. The number of hydrogen-bond donors (Lipinski definition) is 4. The first-order chi connectivity index (χ1) is 34.4. The van der Waals surface area contributed by atoms with Crippen LogP contribution in [0.4, 0.5) is 10.9 Å². The third kappa shape index (κ3) is 12.1. The molecule has 1 aromatic carbocycles. The molecule has 19 nitrogen and oxygen atoms in total. The van der Waals surface area contributed by atoms with E-state index in [1.807, 2.05) is 40.8 Å². The average molecular weight is 1030 g/mol. The topological polar surface area (TPSA) is 248 Å². The number of methoxy groups -OCH3 is 1. The highest BCUT2D eigenvalue weighted by Gasteiger charge is 2.45. The molecule has 0 bridgehead atoms. The van der Waals surface area contributed by atoms with E-state index >= 15 is 0 Å². The average Bonchev–Trinajstić information content (AvgIpc) is 4.07. The summed E-state index contributed by atoms with van der Waals surface area (Å²) in [7, 11) is -2.98. The number of pyridine rings is 2. The lowest BCUT2D eigenvalue weighted by molar-refractivity contribution is -0.153. The number of likely N-dealkylation sites (tertiary alicyclic amines) is 1. The minimum atomic E-state index is -4.19. The number of benzene rings is 1. The molecular formula is C51H64N10O9S2. The quantitative estimate of drug-likeness (QED) is 0.0622. The van der Waals surface area contributed by atoms with E-state index in [9.17, 15) is 37.5 Å². The molecule has 1 aliphatic carbocycles. The van der Waals surface area contributed by atoms with Crippen molar-refractivity contribution in [2.75, 3.05) is 36.2 Å². The van der Waals surface area contributed by atoms with Gasteiger partial charge in [0, 0.05) is 67.6 Å². The van der Waals surface area contributed by atoms with E-state index in [0.29, 0.717) is 76.3 Å². The summed E-state index contributed by atoms with van der Waals surface area (Å²) in [6.45, 7) is 8.79. The van der Waals surface area contributed by atoms with Crippen molar-refractivity contribution in [3.05, 3.63) is 82.9 Å². The summed E-state index contributed by atoms with van der Waals surface area (Å²) in [5.41, 5.74) is 4.07. The van der Waals surface area contributed by atoms with E-state index in [2.05, 4.69) is 25.3 Å². The molecule has 1 saturated carbocycles. The van der Waals surface area contributed by atoms with Gasteiger partial charge in [-0.3, -0.25) is 29.2 Å². The first kappa shape index (κ1) is 52.0. The van der Waals surface area contributed by atoms with Crippen molar-refractivity contribution in [2.45, 2.75) is 130 Å². The third-order valence-corrected chi connectivity index (χ3v) is 16.1. The van der Waals surface area contributed by atoms with Gasteiger partial charge in [-0.15, -0.1) is 0 Å². The molecule has 72 heavy (non-hydrogen) atoms.